The van der Waals surface area contributed by atoms with Gasteiger partial charge in [-0.15, -0.1) is 17.5 Å². The van der Waals surface area contributed by atoms with Crippen molar-refractivity contribution in [2.75, 3.05) is 32.1 Å². The molecular weight excluding hydrogens is 413 g/mol. The highest BCUT2D eigenvalue weighted by atomic mass is 35.5. The summed E-state index contributed by atoms with van der Waals surface area (Å²) in [4.78, 5) is 22.0. The molecule has 6 nitrogen and oxygen atoms in total. The van der Waals surface area contributed by atoms with Crippen molar-refractivity contribution in [1.29, 1.82) is 0 Å². The molecule has 0 N–H and O–H groups in total. The molecule has 0 fully saturated rings. The topological polar surface area (TPSA) is 62.2 Å². The first kappa shape index (κ1) is 21.0. The van der Waals surface area contributed by atoms with Crippen LogP contribution < -0.4 is 4.90 Å². The molecule has 1 amide bonds. The maximum atomic E-state index is 13.0. The van der Waals surface area contributed by atoms with Gasteiger partial charge in [0, 0.05) is 18.1 Å². The molecule has 10 heteroatoms. The quantitative estimate of drug-likeness (QED) is 0.609. The molecule has 26 heavy (non-hydrogen) atoms. The fourth-order valence-electron chi connectivity index (χ4n) is 2.39. The Morgan fingerprint density at radius 3 is 2.58 bits per heavy atom. The average Bonchev–Trinajstić information content (AvgIpc) is 3.13. The van der Waals surface area contributed by atoms with Gasteiger partial charge in [-0.05, 0) is 57.2 Å². The number of nitrogens with zero attached hydrogens (tertiary/aromatic N) is 5. The van der Waals surface area contributed by atoms with Crippen molar-refractivity contribution in [3.8, 4) is 0 Å². The number of rotatable bonds is 5. The average molecular weight is 432 g/mol. The van der Waals surface area contributed by atoms with E-state index in [4.69, 9.17) is 16.6 Å². The SMILES string of the molecule is Cc1nnsc1C(=O)N(CCN(C)C)c1nc2c(C)cc(Cl)cc2s1.Cl. The van der Waals surface area contributed by atoms with Gasteiger partial charge in [-0.25, -0.2) is 4.98 Å². The summed E-state index contributed by atoms with van der Waals surface area (Å²) in [6, 6.07) is 3.77. The first-order chi connectivity index (χ1) is 11.9. The molecule has 3 aromatic rings. The van der Waals surface area contributed by atoms with Gasteiger partial charge in [0.05, 0.1) is 15.9 Å². The lowest BCUT2D eigenvalue weighted by molar-refractivity contribution is 0.0988. The molecule has 0 saturated carbocycles. The van der Waals surface area contributed by atoms with Crippen molar-refractivity contribution in [2.24, 2.45) is 0 Å². The van der Waals surface area contributed by atoms with Crippen LogP contribution in [0.25, 0.3) is 10.2 Å². The van der Waals surface area contributed by atoms with Crippen LogP contribution in [0.2, 0.25) is 5.02 Å². The Labute approximate surface area is 171 Å². The van der Waals surface area contributed by atoms with Gasteiger partial charge in [-0.3, -0.25) is 9.69 Å². The molecular formula is C16H19Cl2N5OS2. The lowest BCUT2D eigenvalue weighted by Gasteiger charge is -2.21. The van der Waals surface area contributed by atoms with Gasteiger partial charge >= 0.3 is 0 Å². The van der Waals surface area contributed by atoms with Crippen LogP contribution >= 0.6 is 46.9 Å². The summed E-state index contributed by atoms with van der Waals surface area (Å²) in [5.74, 6) is -0.114. The van der Waals surface area contributed by atoms with Crippen LogP contribution in [0.1, 0.15) is 20.9 Å². The molecule has 2 aromatic heterocycles. The molecule has 0 bridgehead atoms. The van der Waals surface area contributed by atoms with E-state index in [1.807, 2.05) is 38.1 Å². The van der Waals surface area contributed by atoms with Gasteiger partial charge in [0.25, 0.3) is 5.91 Å². The van der Waals surface area contributed by atoms with E-state index >= 15 is 0 Å². The number of anilines is 1. The molecule has 3 rings (SSSR count). The van der Waals surface area contributed by atoms with E-state index in [0.29, 0.717) is 27.3 Å². The second-order valence-electron chi connectivity index (χ2n) is 6.01. The normalized spacial score (nSPS) is 11.0. The third-order valence-corrected chi connectivity index (χ3v) is 5.79. The highest BCUT2D eigenvalue weighted by Crippen LogP contribution is 2.33. The Kier molecular flexibility index (Phi) is 6.92. The molecule has 0 unspecified atom stereocenters. The van der Waals surface area contributed by atoms with E-state index in [-0.39, 0.29) is 18.3 Å². The van der Waals surface area contributed by atoms with Crippen LogP contribution in [0.5, 0.6) is 0 Å². The molecule has 1 aromatic carbocycles. The number of thiazole rings is 1. The summed E-state index contributed by atoms with van der Waals surface area (Å²) >= 11 is 8.75. The van der Waals surface area contributed by atoms with E-state index in [9.17, 15) is 4.79 Å². The molecule has 0 aliphatic carbocycles. The van der Waals surface area contributed by atoms with Crippen molar-refractivity contribution in [3.05, 3.63) is 33.3 Å². The monoisotopic (exact) mass is 431 g/mol. The van der Waals surface area contributed by atoms with Crippen molar-refractivity contribution >= 4 is 68.1 Å². The number of halogens is 2. The van der Waals surface area contributed by atoms with Gasteiger partial charge in [0.2, 0.25) is 0 Å². The third-order valence-electron chi connectivity index (χ3n) is 3.73. The molecule has 0 aliphatic rings. The minimum atomic E-state index is -0.114. The maximum Gasteiger partial charge on any atom is 0.273 e. The second kappa shape index (κ2) is 8.58. The Bertz CT molecular complexity index is 925. The summed E-state index contributed by atoms with van der Waals surface area (Å²) < 4.78 is 4.86. The number of aromatic nitrogens is 3. The Morgan fingerprint density at radius 1 is 1.23 bits per heavy atom. The van der Waals surface area contributed by atoms with Crippen LogP contribution in [0.4, 0.5) is 5.13 Å². The van der Waals surface area contributed by atoms with E-state index < -0.39 is 0 Å². The minimum absolute atomic E-state index is 0. The van der Waals surface area contributed by atoms with Crippen LogP contribution in [0, 0.1) is 13.8 Å². The zero-order valence-corrected chi connectivity index (χ0v) is 18.0. The van der Waals surface area contributed by atoms with Crippen molar-refractivity contribution in [1.82, 2.24) is 19.5 Å². The van der Waals surface area contributed by atoms with Gasteiger partial charge < -0.3 is 4.90 Å². The number of hydrogen-bond acceptors (Lipinski definition) is 7. The third kappa shape index (κ3) is 4.32. The standard InChI is InChI=1S/C16H18ClN5OS2.ClH/c1-9-7-11(17)8-12-13(9)18-16(24-12)22(6-5-21(3)4)15(23)14-10(2)19-20-25-14;/h7-8H,5-6H2,1-4H3;1H. The maximum absolute atomic E-state index is 13.0. The molecule has 2 heterocycles. The molecule has 0 aliphatic heterocycles. The van der Waals surface area contributed by atoms with Crippen molar-refractivity contribution in [3.63, 3.8) is 0 Å². The largest absolute Gasteiger partial charge is 0.308 e. The predicted molar refractivity (Wildman–Crippen MR) is 111 cm³/mol. The van der Waals surface area contributed by atoms with Gasteiger partial charge in [-0.2, -0.15) is 0 Å². The van der Waals surface area contributed by atoms with Crippen molar-refractivity contribution < 1.29 is 4.79 Å². The smallest absolute Gasteiger partial charge is 0.273 e. The molecule has 140 valence electrons. The Hall–Kier alpha value is -1.32. The number of carbonyl (C=O) groups excluding carboxylic acids is 1. The molecule has 0 radical (unpaired) electrons. The van der Waals surface area contributed by atoms with Crippen molar-refractivity contribution in [2.45, 2.75) is 13.8 Å². The Balaban J connectivity index is 0.00000243. The van der Waals surface area contributed by atoms with E-state index in [1.54, 1.807) is 11.8 Å². The number of amides is 1. The van der Waals surface area contributed by atoms with E-state index in [0.717, 1.165) is 33.9 Å². The number of carbonyl (C=O) groups is 1. The van der Waals surface area contributed by atoms with E-state index in [2.05, 4.69) is 9.59 Å². The van der Waals surface area contributed by atoms with Gasteiger partial charge in [0.1, 0.15) is 4.88 Å². The highest BCUT2D eigenvalue weighted by Gasteiger charge is 2.25. The summed E-state index contributed by atoms with van der Waals surface area (Å²) in [7, 11) is 3.95. The lowest BCUT2D eigenvalue weighted by atomic mass is 10.2. The van der Waals surface area contributed by atoms with E-state index in [1.165, 1.54) is 11.3 Å². The fourth-order valence-corrected chi connectivity index (χ4v) is 4.44. The first-order valence-electron chi connectivity index (χ1n) is 7.69. The van der Waals surface area contributed by atoms with Gasteiger partial charge in [-0.1, -0.05) is 27.4 Å². The van der Waals surface area contributed by atoms with Crippen LogP contribution in [-0.2, 0) is 0 Å². The lowest BCUT2D eigenvalue weighted by Crippen LogP contribution is -2.36. The number of hydrogen-bond donors (Lipinski definition) is 0. The predicted octanol–water partition coefficient (Wildman–Crippen LogP) is 4.05. The number of likely N-dealkylation sites (N-methyl/N-ethyl adjacent to an activating group) is 1. The van der Waals surface area contributed by atoms with Crippen LogP contribution in [-0.4, -0.2) is 52.6 Å². The number of benzene rings is 1. The zero-order chi connectivity index (χ0) is 18.1. The fraction of sp³-hybridized carbons (Fsp3) is 0.375. The molecule has 0 atom stereocenters. The summed E-state index contributed by atoms with van der Waals surface area (Å²) in [5.41, 5.74) is 2.53. The first-order valence-corrected chi connectivity index (χ1v) is 9.66. The van der Waals surface area contributed by atoms with Crippen LogP contribution in [0.15, 0.2) is 12.1 Å². The minimum Gasteiger partial charge on any atom is -0.308 e. The number of fused-ring (bicyclic) bond motifs is 1. The highest BCUT2D eigenvalue weighted by molar-refractivity contribution is 7.22. The summed E-state index contributed by atoms with van der Waals surface area (Å²) in [6.07, 6.45) is 0. The molecule has 0 saturated heterocycles. The van der Waals surface area contributed by atoms with Gasteiger partial charge in [0.15, 0.2) is 5.13 Å². The zero-order valence-electron chi connectivity index (χ0n) is 14.8. The number of aryl methyl sites for hydroxylation is 2. The second-order valence-corrected chi connectivity index (χ2v) is 8.21. The summed E-state index contributed by atoms with van der Waals surface area (Å²) in [5, 5.41) is 5.30. The molecule has 0 spiro atoms. The van der Waals surface area contributed by atoms with Crippen LogP contribution in [0.3, 0.4) is 0 Å². The Morgan fingerprint density at radius 2 is 1.96 bits per heavy atom. The summed E-state index contributed by atoms with van der Waals surface area (Å²) in [6.45, 7) is 5.03.